The van der Waals surface area contributed by atoms with E-state index in [0.29, 0.717) is 16.9 Å². The zero-order chi connectivity index (χ0) is 14.7. The van der Waals surface area contributed by atoms with Gasteiger partial charge in [0.2, 0.25) is 0 Å². The molecule has 1 aromatic carbocycles. The predicted molar refractivity (Wildman–Crippen MR) is 72.1 cm³/mol. The van der Waals surface area contributed by atoms with E-state index in [2.05, 4.69) is 10.3 Å². The van der Waals surface area contributed by atoms with Crippen molar-refractivity contribution in [3.8, 4) is 6.07 Å². The average molecular weight is 273 g/mol. The monoisotopic (exact) mass is 273 g/mol. The highest BCUT2D eigenvalue weighted by molar-refractivity contribution is 5.56. The van der Waals surface area contributed by atoms with Crippen LogP contribution in [0.25, 0.3) is 0 Å². The number of hydrogen-bond donors (Lipinski definition) is 1. The molecule has 1 unspecified atom stereocenters. The van der Waals surface area contributed by atoms with Crippen LogP contribution >= 0.6 is 0 Å². The maximum absolute atomic E-state index is 13.7. The fourth-order valence-corrected chi connectivity index (χ4v) is 1.84. The number of benzene rings is 1. The summed E-state index contributed by atoms with van der Waals surface area (Å²) in [6.07, 6.45) is 1.13. The molecule has 3 nitrogen and oxygen atoms in total. The molecule has 0 saturated heterocycles. The Morgan fingerprint density at radius 3 is 2.65 bits per heavy atom. The second kappa shape index (κ2) is 5.66. The molecule has 1 heterocycles. The number of hydrogen-bond acceptors (Lipinski definition) is 3. The fraction of sp³-hybridized carbons (Fsp3) is 0.200. The molecule has 2 aromatic rings. The summed E-state index contributed by atoms with van der Waals surface area (Å²) in [5, 5.41) is 11.9. The van der Waals surface area contributed by atoms with Gasteiger partial charge in [-0.2, -0.15) is 5.26 Å². The molecule has 102 valence electrons. The lowest BCUT2D eigenvalue weighted by Gasteiger charge is -2.17. The van der Waals surface area contributed by atoms with Crippen LogP contribution in [0.1, 0.15) is 29.8 Å². The van der Waals surface area contributed by atoms with E-state index in [-0.39, 0.29) is 11.6 Å². The summed E-state index contributed by atoms with van der Waals surface area (Å²) in [7, 11) is 0. The number of nitrogens with zero attached hydrogens (tertiary/aromatic N) is 2. The molecule has 0 aliphatic rings. The minimum absolute atomic E-state index is 0.234. The normalized spacial score (nSPS) is 11.8. The van der Waals surface area contributed by atoms with Crippen LogP contribution in [0.4, 0.5) is 14.5 Å². The Morgan fingerprint density at radius 1 is 1.30 bits per heavy atom. The van der Waals surface area contributed by atoms with Crippen LogP contribution in [0.2, 0.25) is 0 Å². The van der Waals surface area contributed by atoms with Crippen molar-refractivity contribution in [1.29, 1.82) is 5.26 Å². The largest absolute Gasteiger partial charge is 0.377 e. The quantitative estimate of drug-likeness (QED) is 0.927. The van der Waals surface area contributed by atoms with Gasteiger partial charge in [0.05, 0.1) is 29.6 Å². The molecule has 0 radical (unpaired) electrons. The highest BCUT2D eigenvalue weighted by Gasteiger charge is 2.12. The molecule has 5 heteroatoms. The molecule has 1 atom stereocenters. The number of anilines is 1. The van der Waals surface area contributed by atoms with E-state index in [4.69, 9.17) is 5.26 Å². The summed E-state index contributed by atoms with van der Waals surface area (Å²) in [5.74, 6) is -0.847. The van der Waals surface area contributed by atoms with Crippen molar-refractivity contribution in [2.75, 3.05) is 5.32 Å². The fourth-order valence-electron chi connectivity index (χ4n) is 1.84. The third-order valence-corrected chi connectivity index (χ3v) is 3.04. The predicted octanol–water partition coefficient (Wildman–Crippen LogP) is 3.71. The van der Waals surface area contributed by atoms with Crippen molar-refractivity contribution in [3.05, 3.63) is 58.9 Å². The minimum atomic E-state index is -0.439. The van der Waals surface area contributed by atoms with Crippen molar-refractivity contribution in [2.45, 2.75) is 19.9 Å². The lowest BCUT2D eigenvalue weighted by atomic mass is 10.1. The van der Waals surface area contributed by atoms with Gasteiger partial charge in [0.15, 0.2) is 0 Å². The summed E-state index contributed by atoms with van der Waals surface area (Å²) in [4.78, 5) is 3.97. The van der Waals surface area contributed by atoms with E-state index in [1.54, 1.807) is 19.1 Å². The molecule has 0 aliphatic carbocycles. The lowest BCUT2D eigenvalue weighted by molar-refractivity contribution is 0.616. The molecule has 0 amide bonds. The van der Waals surface area contributed by atoms with E-state index in [1.807, 2.05) is 13.0 Å². The number of aromatic nitrogens is 1. The van der Waals surface area contributed by atoms with Crippen molar-refractivity contribution < 1.29 is 8.78 Å². The molecule has 1 N–H and O–H groups in total. The lowest BCUT2D eigenvalue weighted by Crippen LogP contribution is -2.10. The second-order valence-electron chi connectivity index (χ2n) is 4.51. The van der Waals surface area contributed by atoms with Gasteiger partial charge in [-0.1, -0.05) is 0 Å². The van der Waals surface area contributed by atoms with E-state index >= 15 is 0 Å². The Hall–Kier alpha value is -2.48. The zero-order valence-corrected chi connectivity index (χ0v) is 11.1. The number of halogens is 2. The van der Waals surface area contributed by atoms with Crippen molar-refractivity contribution >= 4 is 5.69 Å². The van der Waals surface area contributed by atoms with Crippen LogP contribution in [-0.4, -0.2) is 4.98 Å². The molecule has 0 spiro atoms. The third-order valence-electron chi connectivity index (χ3n) is 3.04. The number of nitrogens with one attached hydrogen (secondary N) is 1. The Morgan fingerprint density at radius 2 is 2.05 bits per heavy atom. The molecular formula is C15H13F2N3. The van der Waals surface area contributed by atoms with Crippen LogP contribution in [-0.2, 0) is 0 Å². The smallest absolute Gasteiger partial charge is 0.141 e. The van der Waals surface area contributed by atoms with Crippen molar-refractivity contribution in [3.63, 3.8) is 0 Å². The molecule has 0 fully saturated rings. The van der Waals surface area contributed by atoms with E-state index in [0.717, 1.165) is 6.20 Å². The molecule has 2 rings (SSSR count). The summed E-state index contributed by atoms with van der Waals surface area (Å²) in [6.45, 7) is 3.46. The number of pyridine rings is 1. The minimum Gasteiger partial charge on any atom is -0.377 e. The Balaban J connectivity index is 2.28. The Labute approximate surface area is 115 Å². The highest BCUT2D eigenvalue weighted by atomic mass is 19.1. The second-order valence-corrected chi connectivity index (χ2v) is 4.51. The van der Waals surface area contributed by atoms with Crippen LogP contribution in [0.15, 0.2) is 30.5 Å². The van der Waals surface area contributed by atoms with Gasteiger partial charge in [0.25, 0.3) is 0 Å². The first-order valence-electron chi connectivity index (χ1n) is 6.09. The SMILES string of the molecule is Cc1c(F)cc(C#N)cc1NC(C)c1ccc(F)cn1. The van der Waals surface area contributed by atoms with E-state index in [9.17, 15) is 8.78 Å². The van der Waals surface area contributed by atoms with E-state index < -0.39 is 11.6 Å². The third kappa shape index (κ3) is 2.91. The van der Waals surface area contributed by atoms with Gasteiger partial charge in [-0.3, -0.25) is 4.98 Å². The molecule has 0 saturated carbocycles. The maximum atomic E-state index is 13.7. The maximum Gasteiger partial charge on any atom is 0.141 e. The van der Waals surface area contributed by atoms with Crippen LogP contribution in [0.5, 0.6) is 0 Å². The first-order valence-corrected chi connectivity index (χ1v) is 6.09. The summed E-state index contributed by atoms with van der Waals surface area (Å²) in [5.41, 5.74) is 1.83. The molecular weight excluding hydrogens is 260 g/mol. The van der Waals surface area contributed by atoms with Gasteiger partial charge >= 0.3 is 0 Å². The average Bonchev–Trinajstić information content (AvgIpc) is 2.44. The Kier molecular flexibility index (Phi) is 3.94. The van der Waals surface area contributed by atoms with Crippen molar-refractivity contribution in [1.82, 2.24) is 4.98 Å². The van der Waals surface area contributed by atoms with E-state index in [1.165, 1.54) is 12.1 Å². The Bertz CT molecular complexity index is 660. The van der Waals surface area contributed by atoms with Gasteiger partial charge in [0.1, 0.15) is 11.6 Å². The molecule has 0 aliphatic heterocycles. The topological polar surface area (TPSA) is 48.7 Å². The number of rotatable bonds is 3. The van der Waals surface area contributed by atoms with Gasteiger partial charge in [-0.05, 0) is 38.1 Å². The van der Waals surface area contributed by atoms with Crippen LogP contribution in [0.3, 0.4) is 0 Å². The van der Waals surface area contributed by atoms with Gasteiger partial charge < -0.3 is 5.32 Å². The van der Waals surface area contributed by atoms with Crippen LogP contribution in [0, 0.1) is 29.9 Å². The van der Waals surface area contributed by atoms with Gasteiger partial charge in [0, 0.05) is 11.3 Å². The summed E-state index contributed by atoms with van der Waals surface area (Å²) < 4.78 is 26.5. The summed E-state index contributed by atoms with van der Waals surface area (Å²) >= 11 is 0. The number of nitriles is 1. The molecule has 1 aromatic heterocycles. The molecule has 0 bridgehead atoms. The van der Waals surface area contributed by atoms with Gasteiger partial charge in [-0.25, -0.2) is 8.78 Å². The summed E-state index contributed by atoms with van der Waals surface area (Å²) in [6, 6.07) is 7.34. The van der Waals surface area contributed by atoms with Crippen molar-refractivity contribution in [2.24, 2.45) is 0 Å². The molecule has 20 heavy (non-hydrogen) atoms. The first kappa shape index (κ1) is 13.9. The highest BCUT2D eigenvalue weighted by Crippen LogP contribution is 2.24. The van der Waals surface area contributed by atoms with Crippen LogP contribution < -0.4 is 5.32 Å². The van der Waals surface area contributed by atoms with Gasteiger partial charge in [-0.15, -0.1) is 0 Å². The zero-order valence-electron chi connectivity index (χ0n) is 11.1. The standard InChI is InChI=1S/C15H13F2N3/c1-9-13(17)5-11(7-18)6-15(9)20-10(2)14-4-3-12(16)8-19-14/h3-6,8,10,20H,1-2H3. The first-order chi connectivity index (χ1) is 9.51.